The van der Waals surface area contributed by atoms with Crippen LogP contribution < -0.4 is 4.72 Å². The van der Waals surface area contributed by atoms with Gasteiger partial charge in [-0.3, -0.25) is 4.72 Å². The van der Waals surface area contributed by atoms with Crippen molar-refractivity contribution in [1.82, 2.24) is 4.72 Å². The first-order valence-corrected chi connectivity index (χ1v) is 7.51. The van der Waals surface area contributed by atoms with Crippen LogP contribution in [0.2, 0.25) is 5.82 Å². The summed E-state index contributed by atoms with van der Waals surface area (Å²) in [6.45, 7) is 8.06. The number of rotatable bonds is 8. The van der Waals surface area contributed by atoms with Crippen LogP contribution in [0.15, 0.2) is 0 Å². The van der Waals surface area contributed by atoms with Crippen molar-refractivity contribution < 1.29 is 0 Å². The molecule has 0 aromatic rings. The number of hydrogen-bond acceptors (Lipinski definition) is 3. The molecular formula is C10H24BNS2. The normalized spacial score (nSPS) is 17.7. The molecule has 0 aromatic carbocycles. The molecule has 0 amide bonds. The molecule has 0 aliphatic rings. The van der Waals surface area contributed by atoms with Crippen LogP contribution in [0, 0.1) is 11.8 Å². The van der Waals surface area contributed by atoms with Gasteiger partial charge < -0.3 is 0 Å². The Hall–Kier alpha value is 0.725. The molecule has 3 atom stereocenters. The second kappa shape index (κ2) is 8.99. The Morgan fingerprint density at radius 3 is 2.50 bits per heavy atom. The fourth-order valence-corrected chi connectivity index (χ4v) is 2.35. The topological polar surface area (TPSA) is 12.0 Å². The molecule has 1 N–H and O–H groups in total. The van der Waals surface area contributed by atoms with Crippen LogP contribution in [-0.2, 0) is 0 Å². The van der Waals surface area contributed by atoms with E-state index in [9.17, 15) is 0 Å². The molecule has 0 aliphatic heterocycles. The van der Waals surface area contributed by atoms with E-state index in [0.717, 1.165) is 24.2 Å². The van der Waals surface area contributed by atoms with Gasteiger partial charge in [0.15, 0.2) is 0 Å². The number of hydrogen-bond donors (Lipinski definition) is 2. The Labute approximate surface area is 99.5 Å². The van der Waals surface area contributed by atoms with Gasteiger partial charge in [-0.2, -0.15) is 0 Å². The van der Waals surface area contributed by atoms with Crippen molar-refractivity contribution in [2.75, 3.05) is 6.54 Å². The van der Waals surface area contributed by atoms with Crippen LogP contribution >= 0.6 is 22.6 Å². The Balaban J connectivity index is 3.84. The zero-order valence-electron chi connectivity index (χ0n) is 9.92. The molecule has 0 aliphatic carbocycles. The smallest absolute Gasteiger partial charge is 0.105 e. The molecule has 0 saturated heterocycles. The highest BCUT2D eigenvalue weighted by Gasteiger charge is 2.16. The van der Waals surface area contributed by atoms with Gasteiger partial charge in [-0.15, -0.1) is 0 Å². The summed E-state index contributed by atoms with van der Waals surface area (Å²) in [6.07, 6.45) is 3.93. The molecule has 0 fully saturated rings. The van der Waals surface area contributed by atoms with E-state index in [1.165, 1.54) is 30.2 Å². The molecule has 0 heterocycles. The quantitative estimate of drug-likeness (QED) is 0.220. The van der Waals surface area contributed by atoms with Gasteiger partial charge in [-0.1, -0.05) is 51.1 Å². The van der Waals surface area contributed by atoms with Crippen LogP contribution in [-0.4, -0.2) is 14.4 Å². The standard InChI is InChI=1S/C10H24BNS2/c1-4-8(2)10(7-9(3)11)5-6-12-14-13/h8-10,12-13H,4-7,11H2,1-3H3. The van der Waals surface area contributed by atoms with E-state index in [1.807, 2.05) is 0 Å². The van der Waals surface area contributed by atoms with Crippen LogP contribution in [0.5, 0.6) is 0 Å². The average molecular weight is 233 g/mol. The lowest BCUT2D eigenvalue weighted by Gasteiger charge is -2.24. The minimum Gasteiger partial charge on any atom is -0.255 e. The highest BCUT2D eigenvalue weighted by Crippen LogP contribution is 2.27. The van der Waals surface area contributed by atoms with E-state index in [4.69, 9.17) is 0 Å². The van der Waals surface area contributed by atoms with Crippen LogP contribution in [0.4, 0.5) is 0 Å². The van der Waals surface area contributed by atoms with Crippen LogP contribution in [0.3, 0.4) is 0 Å². The van der Waals surface area contributed by atoms with Gasteiger partial charge in [0, 0.05) is 6.54 Å². The van der Waals surface area contributed by atoms with E-state index in [1.54, 1.807) is 0 Å². The summed E-state index contributed by atoms with van der Waals surface area (Å²) in [5.41, 5.74) is 0. The molecule has 0 saturated carbocycles. The maximum Gasteiger partial charge on any atom is 0.105 e. The molecule has 0 spiro atoms. The van der Waals surface area contributed by atoms with E-state index in [2.05, 4.69) is 45.0 Å². The molecule has 14 heavy (non-hydrogen) atoms. The fraction of sp³-hybridized carbons (Fsp3) is 1.00. The van der Waals surface area contributed by atoms with Gasteiger partial charge in [0.25, 0.3) is 0 Å². The first-order chi connectivity index (χ1) is 6.61. The zero-order valence-corrected chi connectivity index (χ0v) is 11.6. The molecule has 0 radical (unpaired) electrons. The molecule has 4 heteroatoms. The molecule has 0 aromatic heterocycles. The summed E-state index contributed by atoms with van der Waals surface area (Å²) in [6, 6.07) is 0. The minimum absolute atomic E-state index is 0.817. The Kier molecular flexibility index (Phi) is 9.45. The third kappa shape index (κ3) is 7.07. The van der Waals surface area contributed by atoms with E-state index >= 15 is 0 Å². The average Bonchev–Trinajstić information content (AvgIpc) is 2.15. The van der Waals surface area contributed by atoms with Crippen molar-refractivity contribution in [1.29, 1.82) is 0 Å². The third-order valence-electron chi connectivity index (χ3n) is 2.90. The van der Waals surface area contributed by atoms with Crippen LogP contribution in [0.1, 0.15) is 40.0 Å². The Morgan fingerprint density at radius 2 is 2.07 bits per heavy atom. The Morgan fingerprint density at radius 1 is 1.43 bits per heavy atom. The third-order valence-corrected chi connectivity index (χ3v) is 3.63. The number of thiol groups is 1. The number of nitrogens with one attached hydrogen (secondary N) is 1. The monoisotopic (exact) mass is 233 g/mol. The predicted molar refractivity (Wildman–Crippen MR) is 74.7 cm³/mol. The summed E-state index contributed by atoms with van der Waals surface area (Å²) in [7, 11) is 3.74. The summed E-state index contributed by atoms with van der Waals surface area (Å²) >= 11 is 4.07. The van der Waals surface area contributed by atoms with Gasteiger partial charge >= 0.3 is 0 Å². The summed E-state index contributed by atoms with van der Waals surface area (Å²) in [5.74, 6) is 2.54. The van der Waals surface area contributed by atoms with Gasteiger partial charge in [-0.25, -0.2) is 0 Å². The SMILES string of the molecule is BC(C)CC(CCNSS)C(C)CC. The summed E-state index contributed by atoms with van der Waals surface area (Å²) in [5, 5.41) is 0. The minimum atomic E-state index is 0.817. The van der Waals surface area contributed by atoms with Gasteiger partial charge in [0.05, 0.1) is 0 Å². The maximum absolute atomic E-state index is 4.07. The first kappa shape index (κ1) is 14.7. The molecule has 3 unspecified atom stereocenters. The van der Waals surface area contributed by atoms with E-state index in [0.29, 0.717) is 0 Å². The van der Waals surface area contributed by atoms with Crippen LogP contribution in [0.25, 0.3) is 0 Å². The van der Waals surface area contributed by atoms with E-state index < -0.39 is 0 Å². The second-order valence-corrected chi connectivity index (χ2v) is 5.57. The first-order valence-electron chi connectivity index (χ1n) is 5.65. The highest BCUT2D eigenvalue weighted by molar-refractivity contribution is 8.67. The molecule has 84 valence electrons. The summed E-state index contributed by atoms with van der Waals surface area (Å²) in [4.78, 5) is 0. The molecular weight excluding hydrogens is 209 g/mol. The predicted octanol–water partition coefficient (Wildman–Crippen LogP) is 2.95. The van der Waals surface area contributed by atoms with Gasteiger partial charge in [0.1, 0.15) is 7.85 Å². The fourth-order valence-electron chi connectivity index (χ4n) is 1.86. The van der Waals surface area contributed by atoms with Gasteiger partial charge in [0.2, 0.25) is 0 Å². The van der Waals surface area contributed by atoms with Crippen molar-refractivity contribution >= 4 is 30.5 Å². The lowest BCUT2D eigenvalue weighted by atomic mass is 9.75. The lowest BCUT2D eigenvalue weighted by molar-refractivity contribution is 0.307. The lowest BCUT2D eigenvalue weighted by Crippen LogP contribution is -2.18. The van der Waals surface area contributed by atoms with Crippen molar-refractivity contribution in [3.05, 3.63) is 0 Å². The zero-order chi connectivity index (χ0) is 11.0. The van der Waals surface area contributed by atoms with Crippen molar-refractivity contribution in [2.24, 2.45) is 11.8 Å². The largest absolute Gasteiger partial charge is 0.255 e. The van der Waals surface area contributed by atoms with Crippen molar-refractivity contribution in [2.45, 2.75) is 45.9 Å². The molecule has 1 nitrogen and oxygen atoms in total. The van der Waals surface area contributed by atoms with Gasteiger partial charge in [-0.05, 0) is 29.2 Å². The maximum atomic E-state index is 4.07. The molecule has 0 rings (SSSR count). The second-order valence-electron chi connectivity index (χ2n) is 4.55. The summed E-state index contributed by atoms with van der Waals surface area (Å²) < 4.78 is 3.21. The van der Waals surface area contributed by atoms with Crippen molar-refractivity contribution in [3.8, 4) is 0 Å². The van der Waals surface area contributed by atoms with E-state index in [-0.39, 0.29) is 0 Å². The molecule has 0 bridgehead atoms. The van der Waals surface area contributed by atoms with Crippen molar-refractivity contribution in [3.63, 3.8) is 0 Å². The Bertz CT molecular complexity index is 133. The highest BCUT2D eigenvalue weighted by atomic mass is 33.1.